The van der Waals surface area contributed by atoms with E-state index in [1.807, 2.05) is 86.2 Å². The first-order valence-electron chi connectivity index (χ1n) is 45.3. The minimum Gasteiger partial charge on any atom is -0.311 e. The number of hydrogen-bond donors (Lipinski definition) is 0. The fourth-order valence-corrected chi connectivity index (χ4v) is 26.0. The molecule has 6 nitrogen and oxygen atoms in total. The Bertz CT molecular complexity index is 7820. The zero-order valence-electron chi connectivity index (χ0n) is 74.4. The molecule has 0 N–H and O–H groups in total. The highest BCUT2D eigenvalue weighted by molar-refractivity contribution is 7.30. The summed E-state index contributed by atoms with van der Waals surface area (Å²) in [5.41, 5.74) is 24.0. The summed E-state index contributed by atoms with van der Waals surface area (Å²) in [7, 11) is 0. The van der Waals surface area contributed by atoms with Gasteiger partial charge >= 0.3 is 0 Å². The largest absolute Gasteiger partial charge is 0.311 e. The van der Waals surface area contributed by atoms with Crippen LogP contribution in [0.2, 0.25) is 0 Å². The lowest BCUT2D eigenvalue weighted by molar-refractivity contribution is 1.28. The Morgan fingerprint density at radius 2 is 0.312 bits per heavy atom. The lowest BCUT2D eigenvalue weighted by Gasteiger charge is -2.25. The van der Waals surface area contributed by atoms with Gasteiger partial charge in [-0.1, -0.05) is 291 Å². The molecule has 0 bridgehead atoms. The third kappa shape index (κ3) is 20.9. The Hall–Kier alpha value is -15.2. The van der Waals surface area contributed by atoms with Crippen molar-refractivity contribution in [2.75, 3.05) is 14.7 Å². The third-order valence-electron chi connectivity index (χ3n) is 23.3. The van der Waals surface area contributed by atoms with Crippen molar-refractivity contribution in [1.82, 2.24) is 15.0 Å². The maximum Gasteiger partial charge on any atom is 0.124 e. The smallest absolute Gasteiger partial charge is 0.124 e. The monoisotopic (exact) mass is 1930 g/mol. The number of benzene rings is 15. The van der Waals surface area contributed by atoms with Crippen molar-refractivity contribution in [3.63, 3.8) is 0 Å². The minimum atomic E-state index is 1.06. The van der Waals surface area contributed by atoms with Gasteiger partial charge in [-0.05, 0) is 252 Å². The zero-order chi connectivity index (χ0) is 92.1. The Balaban J connectivity index is 0.000000120. The van der Waals surface area contributed by atoms with Crippen molar-refractivity contribution < 1.29 is 0 Å². The average Bonchev–Trinajstić information content (AvgIpc) is 1.47. The highest BCUT2D eigenvalue weighted by Gasteiger charge is 2.18. The molecular formula is C123H84N6S9. The van der Waals surface area contributed by atoms with Crippen LogP contribution < -0.4 is 14.7 Å². The van der Waals surface area contributed by atoms with Gasteiger partial charge in [-0.15, -0.1) is 102 Å². The number of thiophene rings is 6. The van der Waals surface area contributed by atoms with E-state index >= 15 is 0 Å². The molecule has 0 fully saturated rings. The van der Waals surface area contributed by atoms with E-state index in [0.717, 1.165) is 99.4 Å². The first kappa shape index (κ1) is 88.1. The predicted molar refractivity (Wildman–Crippen MR) is 611 cm³/mol. The van der Waals surface area contributed by atoms with Crippen molar-refractivity contribution in [2.24, 2.45) is 0 Å². The summed E-state index contributed by atoms with van der Waals surface area (Å²) in [6, 6.07) is 154. The highest BCUT2D eigenvalue weighted by Crippen LogP contribution is 2.44. The summed E-state index contributed by atoms with van der Waals surface area (Å²) in [4.78, 5) is 28.8. The Labute approximate surface area is 837 Å². The molecular weight excluding hydrogens is 1850 g/mol. The third-order valence-corrected chi connectivity index (χ3v) is 33.2. The molecule has 0 aliphatic carbocycles. The molecule has 0 unspecified atom stereocenters. The molecule has 0 aliphatic rings. The van der Waals surface area contributed by atoms with Gasteiger partial charge in [0.2, 0.25) is 0 Å². The van der Waals surface area contributed by atoms with Gasteiger partial charge in [-0.3, -0.25) is 0 Å². The van der Waals surface area contributed by atoms with Crippen LogP contribution in [0, 0.1) is 0 Å². The summed E-state index contributed by atoms with van der Waals surface area (Å²) >= 11 is 16.3. The van der Waals surface area contributed by atoms with E-state index in [9.17, 15) is 0 Å². The highest BCUT2D eigenvalue weighted by atomic mass is 32.1. The molecule has 0 aliphatic heterocycles. The second-order valence-electron chi connectivity index (χ2n) is 32.7. The van der Waals surface area contributed by atoms with Crippen LogP contribution in [0.15, 0.2) is 437 Å². The predicted octanol–water partition coefficient (Wildman–Crippen LogP) is 39.2. The molecule has 15 heteroatoms. The summed E-state index contributed by atoms with van der Waals surface area (Å²) in [6.07, 6.45) is 26.5. The number of hydrogen-bond acceptors (Lipinski definition) is 15. The van der Waals surface area contributed by atoms with Crippen LogP contribution in [0.4, 0.5) is 51.2 Å². The fourth-order valence-electron chi connectivity index (χ4n) is 16.4. The molecule has 0 radical (unpaired) electrons. The maximum absolute atomic E-state index is 4.79. The van der Waals surface area contributed by atoms with Crippen LogP contribution in [-0.2, 0) is 0 Å². The molecule has 9 aromatic heterocycles. The van der Waals surface area contributed by atoms with Crippen LogP contribution in [0.1, 0.15) is 62.6 Å². The average molecular weight is 1930 g/mol. The van der Waals surface area contributed by atoms with E-state index in [2.05, 4.69) is 506 Å². The Kier molecular flexibility index (Phi) is 26.5. The number of para-hydroxylation sites is 9. The molecule has 0 amide bonds. The second-order valence-corrected chi connectivity index (χ2v) is 42.5. The van der Waals surface area contributed by atoms with Crippen LogP contribution in [0.3, 0.4) is 0 Å². The van der Waals surface area contributed by atoms with Crippen LogP contribution in [0.25, 0.3) is 163 Å². The van der Waals surface area contributed by atoms with Gasteiger partial charge in [-0.2, -0.15) is 0 Å². The van der Waals surface area contributed by atoms with E-state index in [-0.39, 0.29) is 0 Å². The SMILES string of the molecule is C(=C\c1cc2sc(/C=C/c3ccc(-c4nc5ccccc5s4)cc3)cc2s1)/c1ccc(-c2nc3ccccc3s2)cc1.C(=C\c1cc2sc(/C=C/c3ccc(N(c4ccccc4)c4ccccc4)cc3)cc2s1)/c1ccc(-c2nc3ccccc3s2)cc1.C(=C\c1cc2sc(/C=C/c3ccc(N(c4ccccc4)c4ccccc4)cc3)cc2s1)/c1ccc(N(c2ccccc2)c2ccccc2)cc1. The van der Waals surface area contributed by atoms with E-state index in [1.54, 1.807) is 34.0 Å². The molecule has 0 saturated heterocycles. The minimum absolute atomic E-state index is 1.06. The Morgan fingerprint density at radius 3 is 0.500 bits per heavy atom. The van der Waals surface area contributed by atoms with Crippen molar-refractivity contribution in [3.8, 4) is 31.7 Å². The number of nitrogens with zero attached hydrogens (tertiary/aromatic N) is 6. The van der Waals surface area contributed by atoms with Gasteiger partial charge in [0.05, 0.1) is 30.6 Å². The van der Waals surface area contributed by atoms with E-state index in [4.69, 9.17) is 15.0 Å². The molecule has 660 valence electrons. The fraction of sp³-hybridized carbons (Fsp3) is 0. The summed E-state index contributed by atoms with van der Waals surface area (Å²) in [6.45, 7) is 0. The number of rotatable bonds is 24. The summed E-state index contributed by atoms with van der Waals surface area (Å²) in [5, 5.41) is 3.20. The second kappa shape index (κ2) is 41.6. The standard InChI is InChI=1S/C46H34N2S2.C41H28N2S3.C36H22N2S4/c1-5-13-37(14-6-1)47(38-15-7-2-8-16-38)41-27-21-35(22-28-41)25-31-43-33-45-46(49-43)34-44(50-45)32-26-36-23-29-42(30-24-36)48(39-17-9-3-10-18-39)40-19-11-4-12-20-40;1-3-9-32(10-4-1)43(33-11-5-2-6-12-33)34-23-17-30(18-24-34)20-26-36-28-40-39(45-36)27-35(44-40)25-19-29-15-21-31(22-16-29)41-42-37-13-7-8-14-38(37)46-41;1-3-7-31-29(5-1)37-35(41-31)25-15-9-23(10-16-25)13-19-27-21-33-34(39-27)22-28(40-33)20-14-24-11-17-26(18-12-24)36-38-30-6-2-4-8-32(30)42-36/h1-34H;1-28H;1-22H/b31-25+,32-26+;25-19+,26-20+;19-13+,20-14+. The molecule has 24 aromatic rings. The van der Waals surface area contributed by atoms with Crippen LogP contribution >= 0.6 is 102 Å². The normalized spacial score (nSPS) is 11.7. The van der Waals surface area contributed by atoms with Gasteiger partial charge in [-0.25, -0.2) is 15.0 Å². The Morgan fingerprint density at radius 1 is 0.145 bits per heavy atom. The maximum atomic E-state index is 4.79. The van der Waals surface area contributed by atoms with Crippen molar-refractivity contribution in [3.05, 3.63) is 499 Å². The summed E-state index contributed by atoms with van der Waals surface area (Å²) in [5.74, 6) is 0. The molecule has 15 aromatic carbocycles. The lowest BCUT2D eigenvalue weighted by Crippen LogP contribution is -2.09. The van der Waals surface area contributed by atoms with Crippen LogP contribution in [-0.4, -0.2) is 15.0 Å². The lowest BCUT2D eigenvalue weighted by atomic mass is 10.1. The first-order chi connectivity index (χ1) is 68.2. The molecule has 0 saturated carbocycles. The zero-order valence-corrected chi connectivity index (χ0v) is 81.7. The van der Waals surface area contributed by atoms with Crippen molar-refractivity contribution >= 4 is 285 Å². The van der Waals surface area contributed by atoms with Crippen molar-refractivity contribution in [1.29, 1.82) is 0 Å². The first-order valence-corrected chi connectivity index (χ1v) is 52.7. The quantitative estimate of drug-likeness (QED) is 0.0601. The van der Waals surface area contributed by atoms with Gasteiger partial charge in [0, 0.05) is 125 Å². The summed E-state index contributed by atoms with van der Waals surface area (Å²) < 4.78 is 11.6. The van der Waals surface area contributed by atoms with Gasteiger partial charge in [0.15, 0.2) is 0 Å². The topological polar surface area (TPSA) is 48.4 Å². The van der Waals surface area contributed by atoms with E-state index in [1.165, 1.54) is 105 Å². The van der Waals surface area contributed by atoms with Gasteiger partial charge in [0.1, 0.15) is 15.0 Å². The van der Waals surface area contributed by atoms with Gasteiger partial charge < -0.3 is 14.7 Å². The van der Waals surface area contributed by atoms with Crippen LogP contribution in [0.5, 0.6) is 0 Å². The molecule has 0 spiro atoms. The molecule has 0 atom stereocenters. The van der Waals surface area contributed by atoms with E-state index in [0.29, 0.717) is 0 Å². The number of thiazole rings is 3. The van der Waals surface area contributed by atoms with E-state index < -0.39 is 0 Å². The number of anilines is 9. The number of fused-ring (bicyclic) bond motifs is 6. The molecule has 9 heterocycles. The number of aromatic nitrogens is 3. The molecule has 138 heavy (non-hydrogen) atoms. The van der Waals surface area contributed by atoms with Gasteiger partial charge in [0.25, 0.3) is 0 Å². The van der Waals surface area contributed by atoms with Crippen molar-refractivity contribution in [2.45, 2.75) is 0 Å². The molecule has 24 rings (SSSR count).